The third-order valence-corrected chi connectivity index (χ3v) is 4.69. The minimum atomic E-state index is -0.438. The Balaban J connectivity index is 1.40. The van der Waals surface area contributed by atoms with E-state index in [-0.39, 0.29) is 11.7 Å². The zero-order chi connectivity index (χ0) is 17.9. The van der Waals surface area contributed by atoms with Crippen LogP contribution in [0.15, 0.2) is 54.9 Å². The van der Waals surface area contributed by atoms with Gasteiger partial charge in [0.25, 0.3) is 5.69 Å². The van der Waals surface area contributed by atoms with Crippen molar-refractivity contribution in [3.63, 3.8) is 0 Å². The normalized spacial score (nSPS) is 17.5. The van der Waals surface area contributed by atoms with Gasteiger partial charge in [0.15, 0.2) is 0 Å². The summed E-state index contributed by atoms with van der Waals surface area (Å²) >= 11 is 0. The molecule has 1 aliphatic rings. The Morgan fingerprint density at radius 2 is 2.08 bits per heavy atom. The van der Waals surface area contributed by atoms with Gasteiger partial charge in [-0.2, -0.15) is 0 Å². The van der Waals surface area contributed by atoms with Crippen LogP contribution in [0.4, 0.5) is 11.5 Å². The number of rotatable bonds is 5. The Morgan fingerprint density at radius 1 is 1.19 bits per heavy atom. The maximum atomic E-state index is 10.7. The molecule has 2 aromatic heterocycles. The molecule has 1 aliphatic heterocycles. The largest absolute Gasteiger partial charge is 0.366 e. The van der Waals surface area contributed by atoms with E-state index in [0.29, 0.717) is 5.82 Å². The lowest BCUT2D eigenvalue weighted by atomic mass is 10.1. The lowest BCUT2D eigenvalue weighted by molar-refractivity contribution is -0.385. The maximum absolute atomic E-state index is 10.7. The molecule has 1 N–H and O–H groups in total. The van der Waals surface area contributed by atoms with Crippen LogP contribution >= 0.6 is 0 Å². The number of likely N-dealkylation sites (tertiary alicyclic amines) is 1. The van der Waals surface area contributed by atoms with Gasteiger partial charge in [0, 0.05) is 43.3 Å². The zero-order valence-electron chi connectivity index (χ0n) is 14.2. The van der Waals surface area contributed by atoms with Crippen molar-refractivity contribution in [2.45, 2.75) is 19.0 Å². The van der Waals surface area contributed by atoms with Gasteiger partial charge in [-0.15, -0.1) is 0 Å². The summed E-state index contributed by atoms with van der Waals surface area (Å²) in [5.74, 6) is 0.675. The molecule has 1 atom stereocenters. The average Bonchev–Trinajstić information content (AvgIpc) is 3.09. The molecule has 0 amide bonds. The molecule has 4 rings (SSSR count). The first-order valence-corrected chi connectivity index (χ1v) is 8.61. The van der Waals surface area contributed by atoms with E-state index in [1.165, 1.54) is 17.8 Å². The number of pyridine rings is 2. The van der Waals surface area contributed by atoms with Gasteiger partial charge in [-0.1, -0.05) is 24.3 Å². The summed E-state index contributed by atoms with van der Waals surface area (Å²) in [5, 5.41) is 15.2. The van der Waals surface area contributed by atoms with E-state index in [2.05, 4.69) is 44.5 Å². The number of fused-ring (bicyclic) bond motifs is 1. The number of benzene rings is 1. The van der Waals surface area contributed by atoms with Gasteiger partial charge < -0.3 is 5.32 Å². The van der Waals surface area contributed by atoms with Crippen LogP contribution in [-0.4, -0.2) is 38.9 Å². The summed E-state index contributed by atoms with van der Waals surface area (Å²) in [6, 6.07) is 13.8. The number of para-hydroxylation sites is 1. The van der Waals surface area contributed by atoms with Gasteiger partial charge in [0.2, 0.25) is 0 Å². The first-order valence-electron chi connectivity index (χ1n) is 8.61. The summed E-state index contributed by atoms with van der Waals surface area (Å²) in [5.41, 5.74) is 2.30. The average molecular weight is 349 g/mol. The highest BCUT2D eigenvalue weighted by Crippen LogP contribution is 2.22. The van der Waals surface area contributed by atoms with Crippen molar-refractivity contribution in [2.75, 3.05) is 18.4 Å². The highest BCUT2D eigenvalue weighted by Gasteiger charge is 2.23. The van der Waals surface area contributed by atoms with Crippen LogP contribution in [0.5, 0.6) is 0 Å². The third kappa shape index (κ3) is 3.48. The Hall–Kier alpha value is -3.06. The number of anilines is 1. The zero-order valence-corrected chi connectivity index (χ0v) is 14.2. The number of hydrogen-bond donors (Lipinski definition) is 1. The molecular formula is C19H19N5O2. The second-order valence-electron chi connectivity index (χ2n) is 6.52. The van der Waals surface area contributed by atoms with E-state index < -0.39 is 4.92 Å². The van der Waals surface area contributed by atoms with Crippen LogP contribution in [0.2, 0.25) is 0 Å². The molecule has 0 saturated carbocycles. The Kier molecular flexibility index (Phi) is 4.45. The number of nitro groups is 1. The Bertz CT molecular complexity index is 923. The van der Waals surface area contributed by atoms with Gasteiger partial charge in [0.05, 0.1) is 10.4 Å². The summed E-state index contributed by atoms with van der Waals surface area (Å²) in [6.07, 6.45) is 4.13. The van der Waals surface area contributed by atoms with E-state index in [1.807, 2.05) is 12.3 Å². The molecule has 1 fully saturated rings. The number of aromatic nitrogens is 2. The Labute approximate surface area is 150 Å². The molecule has 3 aromatic rings. The summed E-state index contributed by atoms with van der Waals surface area (Å²) in [7, 11) is 0. The van der Waals surface area contributed by atoms with Crippen molar-refractivity contribution in [3.8, 4) is 0 Å². The highest BCUT2D eigenvalue weighted by molar-refractivity contribution is 5.81. The molecule has 132 valence electrons. The smallest absolute Gasteiger partial charge is 0.287 e. The summed E-state index contributed by atoms with van der Waals surface area (Å²) in [4.78, 5) is 21.3. The van der Waals surface area contributed by atoms with Crippen LogP contribution in [0.3, 0.4) is 0 Å². The maximum Gasteiger partial charge on any atom is 0.287 e. The minimum Gasteiger partial charge on any atom is -0.366 e. The molecule has 0 aliphatic carbocycles. The van der Waals surface area contributed by atoms with Gasteiger partial charge in [-0.25, -0.2) is 4.98 Å². The number of nitrogens with one attached hydrogen (secondary N) is 1. The van der Waals surface area contributed by atoms with Crippen molar-refractivity contribution in [2.24, 2.45) is 0 Å². The van der Waals surface area contributed by atoms with Crippen LogP contribution in [0.1, 0.15) is 12.0 Å². The van der Waals surface area contributed by atoms with Gasteiger partial charge in [0.1, 0.15) is 12.0 Å². The number of nitrogens with zero attached hydrogens (tertiary/aromatic N) is 4. The predicted octanol–water partition coefficient (Wildman–Crippen LogP) is 3.22. The fraction of sp³-hybridized carbons (Fsp3) is 0.263. The molecular weight excluding hydrogens is 330 g/mol. The summed E-state index contributed by atoms with van der Waals surface area (Å²) in [6.45, 7) is 2.76. The molecule has 1 unspecified atom stereocenters. The lowest BCUT2D eigenvalue weighted by Crippen LogP contribution is -2.26. The van der Waals surface area contributed by atoms with E-state index in [0.717, 1.165) is 37.0 Å². The lowest BCUT2D eigenvalue weighted by Gasteiger charge is -2.18. The Morgan fingerprint density at radius 3 is 2.88 bits per heavy atom. The molecule has 1 saturated heterocycles. The van der Waals surface area contributed by atoms with Crippen LogP contribution in [0, 0.1) is 10.1 Å². The SMILES string of the molecule is O=[N+]([O-])c1ccc(NC2CCN(Cc3cccc4cccnc34)C2)nc1. The fourth-order valence-electron chi connectivity index (χ4n) is 3.42. The molecule has 0 bridgehead atoms. The molecule has 7 heteroatoms. The van der Waals surface area contributed by atoms with Crippen molar-refractivity contribution in [1.29, 1.82) is 0 Å². The quantitative estimate of drug-likeness (QED) is 0.562. The van der Waals surface area contributed by atoms with E-state index in [1.54, 1.807) is 6.07 Å². The van der Waals surface area contributed by atoms with Crippen LogP contribution < -0.4 is 5.32 Å². The predicted molar refractivity (Wildman–Crippen MR) is 99.9 cm³/mol. The second-order valence-corrected chi connectivity index (χ2v) is 6.52. The number of hydrogen-bond acceptors (Lipinski definition) is 6. The van der Waals surface area contributed by atoms with Crippen molar-refractivity contribution in [3.05, 3.63) is 70.5 Å². The first kappa shape index (κ1) is 16.4. The molecule has 26 heavy (non-hydrogen) atoms. The topological polar surface area (TPSA) is 84.2 Å². The van der Waals surface area contributed by atoms with Crippen LogP contribution in [-0.2, 0) is 6.54 Å². The van der Waals surface area contributed by atoms with Crippen LogP contribution in [0.25, 0.3) is 10.9 Å². The first-order chi connectivity index (χ1) is 12.7. The van der Waals surface area contributed by atoms with Gasteiger partial charge in [-0.05, 0) is 24.1 Å². The minimum absolute atomic E-state index is 0.00653. The monoisotopic (exact) mass is 349 g/mol. The summed E-state index contributed by atoms with van der Waals surface area (Å²) < 4.78 is 0. The molecule has 7 nitrogen and oxygen atoms in total. The molecule has 3 heterocycles. The molecule has 1 aromatic carbocycles. The second kappa shape index (κ2) is 7.05. The van der Waals surface area contributed by atoms with E-state index >= 15 is 0 Å². The standard InChI is InChI=1S/C19H19N5O2/c25-24(26)17-6-7-18(21-11-17)22-16-8-10-23(13-16)12-15-4-1-3-14-5-2-9-20-19(14)15/h1-7,9,11,16H,8,10,12-13H2,(H,21,22). The highest BCUT2D eigenvalue weighted by atomic mass is 16.6. The van der Waals surface area contributed by atoms with E-state index in [9.17, 15) is 10.1 Å². The van der Waals surface area contributed by atoms with E-state index in [4.69, 9.17) is 0 Å². The van der Waals surface area contributed by atoms with Crippen molar-refractivity contribution >= 4 is 22.4 Å². The molecule has 0 radical (unpaired) electrons. The third-order valence-electron chi connectivity index (χ3n) is 4.69. The van der Waals surface area contributed by atoms with Gasteiger partial charge in [-0.3, -0.25) is 20.0 Å². The fourth-order valence-corrected chi connectivity index (χ4v) is 3.42. The van der Waals surface area contributed by atoms with Crippen molar-refractivity contribution < 1.29 is 4.92 Å². The van der Waals surface area contributed by atoms with Gasteiger partial charge >= 0.3 is 0 Å². The van der Waals surface area contributed by atoms with Crippen molar-refractivity contribution in [1.82, 2.24) is 14.9 Å². The molecule has 0 spiro atoms.